The van der Waals surface area contributed by atoms with E-state index in [-0.39, 0.29) is 0 Å². The molecular formula is C4H6N4S2. The Balaban J connectivity index is 2.87. The lowest BCUT2D eigenvalue weighted by atomic mass is 10.7. The predicted molar refractivity (Wildman–Crippen MR) is 42.1 cm³/mol. The normalized spacial score (nSPS) is 9.80. The Morgan fingerprint density at radius 1 is 1.10 bits per heavy atom. The van der Waals surface area contributed by atoms with Gasteiger partial charge in [0.15, 0.2) is 0 Å². The molecule has 0 aliphatic carbocycles. The Bertz CT molecular complexity index is 197. The fraction of sp³-hybridized carbons (Fsp3) is 0. The van der Waals surface area contributed by atoms with Gasteiger partial charge in [-0.15, -0.1) is 0 Å². The molecule has 0 aromatic carbocycles. The van der Waals surface area contributed by atoms with Crippen LogP contribution in [0.2, 0.25) is 0 Å². The quantitative estimate of drug-likeness (QED) is 0.499. The standard InChI is InChI=1S/C4H6N4S2/c5-9-3-1-4(10-6)8-2-7-3/h1-2H,5-6H2. The molecule has 6 heteroatoms. The molecule has 0 radical (unpaired) electrons. The molecule has 0 aliphatic heterocycles. The second-order valence-electron chi connectivity index (χ2n) is 1.43. The molecule has 1 heterocycles. The second-order valence-corrected chi connectivity index (χ2v) is 2.74. The monoisotopic (exact) mass is 174 g/mol. The van der Waals surface area contributed by atoms with Crippen molar-refractivity contribution in [2.75, 3.05) is 0 Å². The van der Waals surface area contributed by atoms with E-state index in [1.54, 1.807) is 6.07 Å². The molecular weight excluding hydrogens is 168 g/mol. The van der Waals surface area contributed by atoms with Crippen LogP contribution in [-0.4, -0.2) is 9.97 Å². The first kappa shape index (κ1) is 7.80. The molecule has 4 N–H and O–H groups in total. The van der Waals surface area contributed by atoms with Crippen molar-refractivity contribution in [2.24, 2.45) is 10.3 Å². The second kappa shape index (κ2) is 3.77. The third kappa shape index (κ3) is 1.84. The third-order valence-corrected chi connectivity index (χ3v) is 1.79. The smallest absolute Gasteiger partial charge is 0.118 e. The van der Waals surface area contributed by atoms with Crippen LogP contribution in [0.25, 0.3) is 0 Å². The molecule has 0 unspecified atom stereocenters. The molecule has 1 aromatic rings. The van der Waals surface area contributed by atoms with Crippen LogP contribution >= 0.6 is 23.9 Å². The van der Waals surface area contributed by atoms with Gasteiger partial charge in [0.1, 0.15) is 16.4 Å². The number of nitrogens with two attached hydrogens (primary N) is 2. The summed E-state index contributed by atoms with van der Waals surface area (Å²) in [5.41, 5.74) is 0. The van der Waals surface area contributed by atoms with E-state index in [4.69, 9.17) is 10.3 Å². The van der Waals surface area contributed by atoms with E-state index in [9.17, 15) is 0 Å². The SMILES string of the molecule is NSc1cc(SN)ncn1. The van der Waals surface area contributed by atoms with Crippen LogP contribution in [-0.2, 0) is 0 Å². The molecule has 54 valence electrons. The maximum Gasteiger partial charge on any atom is 0.118 e. The van der Waals surface area contributed by atoms with Crippen LogP contribution in [0.3, 0.4) is 0 Å². The largest absolute Gasteiger partial charge is 0.272 e. The van der Waals surface area contributed by atoms with Gasteiger partial charge in [-0.3, -0.25) is 10.3 Å². The number of rotatable bonds is 2. The van der Waals surface area contributed by atoms with E-state index in [1.165, 1.54) is 6.33 Å². The third-order valence-electron chi connectivity index (χ3n) is 0.858. The highest BCUT2D eigenvalue weighted by Gasteiger charge is 1.94. The summed E-state index contributed by atoms with van der Waals surface area (Å²) in [7, 11) is 0. The summed E-state index contributed by atoms with van der Waals surface area (Å²) >= 11 is 2.16. The summed E-state index contributed by atoms with van der Waals surface area (Å²) in [6, 6.07) is 1.73. The first-order chi connectivity index (χ1) is 4.86. The fourth-order valence-corrected chi connectivity index (χ4v) is 1.10. The zero-order chi connectivity index (χ0) is 7.40. The molecule has 1 aromatic heterocycles. The van der Waals surface area contributed by atoms with Gasteiger partial charge in [0.25, 0.3) is 0 Å². The molecule has 0 spiro atoms. The van der Waals surface area contributed by atoms with Crippen LogP contribution in [0.15, 0.2) is 22.4 Å². The Hall–Kier alpha value is -0.300. The highest BCUT2D eigenvalue weighted by atomic mass is 32.2. The Labute approximate surface area is 67.1 Å². The maximum atomic E-state index is 5.25. The van der Waals surface area contributed by atoms with Crippen LogP contribution in [0, 0.1) is 0 Å². The van der Waals surface area contributed by atoms with E-state index in [0.29, 0.717) is 0 Å². The van der Waals surface area contributed by atoms with Gasteiger partial charge in [0.2, 0.25) is 0 Å². The number of hydrogen-bond acceptors (Lipinski definition) is 6. The van der Waals surface area contributed by atoms with Crippen molar-refractivity contribution in [3.63, 3.8) is 0 Å². The van der Waals surface area contributed by atoms with Crippen LogP contribution in [0.4, 0.5) is 0 Å². The Kier molecular flexibility index (Phi) is 2.94. The summed E-state index contributed by atoms with van der Waals surface area (Å²) in [6.07, 6.45) is 1.43. The predicted octanol–water partition coefficient (Wildman–Crippen LogP) is 0.408. The van der Waals surface area contributed by atoms with Crippen molar-refractivity contribution < 1.29 is 0 Å². The van der Waals surface area contributed by atoms with Gasteiger partial charge >= 0.3 is 0 Å². The Morgan fingerprint density at radius 2 is 1.60 bits per heavy atom. The van der Waals surface area contributed by atoms with Gasteiger partial charge < -0.3 is 0 Å². The van der Waals surface area contributed by atoms with Gasteiger partial charge in [-0.25, -0.2) is 9.97 Å². The molecule has 1 rings (SSSR count). The summed E-state index contributed by atoms with van der Waals surface area (Å²) in [4.78, 5) is 7.73. The van der Waals surface area contributed by atoms with Gasteiger partial charge in [-0.1, -0.05) is 0 Å². The minimum Gasteiger partial charge on any atom is -0.272 e. The van der Waals surface area contributed by atoms with E-state index < -0.39 is 0 Å². The maximum absolute atomic E-state index is 5.25. The molecule has 0 amide bonds. The number of hydrogen-bond donors (Lipinski definition) is 2. The first-order valence-electron chi connectivity index (χ1n) is 2.42. The fourth-order valence-electron chi connectivity index (χ4n) is 0.452. The van der Waals surface area contributed by atoms with Crippen molar-refractivity contribution in [2.45, 2.75) is 10.1 Å². The van der Waals surface area contributed by atoms with Crippen molar-refractivity contribution in [3.8, 4) is 0 Å². The highest BCUT2D eigenvalue weighted by molar-refractivity contribution is 7.97. The zero-order valence-electron chi connectivity index (χ0n) is 5.02. The lowest BCUT2D eigenvalue weighted by Gasteiger charge is -1.95. The molecule has 0 aliphatic rings. The average molecular weight is 174 g/mol. The lowest BCUT2D eigenvalue weighted by molar-refractivity contribution is 0.964. The molecule has 0 saturated heterocycles. The number of aromatic nitrogens is 2. The summed E-state index contributed by atoms with van der Waals surface area (Å²) < 4.78 is 0. The summed E-state index contributed by atoms with van der Waals surface area (Å²) in [5.74, 6) is 0. The highest BCUT2D eigenvalue weighted by Crippen LogP contribution is 2.12. The van der Waals surface area contributed by atoms with Gasteiger partial charge in [0.05, 0.1) is 0 Å². The minimum absolute atomic E-state index is 0.725. The first-order valence-corrected chi connectivity index (χ1v) is 4.18. The van der Waals surface area contributed by atoms with Crippen LogP contribution in [0.1, 0.15) is 0 Å². The van der Waals surface area contributed by atoms with E-state index in [1.807, 2.05) is 0 Å². The Morgan fingerprint density at radius 3 is 2.00 bits per heavy atom. The van der Waals surface area contributed by atoms with Gasteiger partial charge in [-0.05, 0) is 23.9 Å². The molecule has 4 nitrogen and oxygen atoms in total. The minimum atomic E-state index is 0.725. The van der Waals surface area contributed by atoms with Crippen molar-refractivity contribution in [3.05, 3.63) is 12.4 Å². The molecule has 0 fully saturated rings. The average Bonchev–Trinajstić information content (AvgIpc) is 2.05. The number of nitrogens with zero attached hydrogens (tertiary/aromatic N) is 2. The van der Waals surface area contributed by atoms with Crippen molar-refractivity contribution in [1.29, 1.82) is 0 Å². The summed E-state index contributed by atoms with van der Waals surface area (Å²) in [5, 5.41) is 11.9. The molecule has 0 saturated carbocycles. The topological polar surface area (TPSA) is 77.8 Å². The van der Waals surface area contributed by atoms with E-state index in [0.717, 1.165) is 33.9 Å². The van der Waals surface area contributed by atoms with Crippen molar-refractivity contribution in [1.82, 2.24) is 9.97 Å². The zero-order valence-corrected chi connectivity index (χ0v) is 6.65. The van der Waals surface area contributed by atoms with Gasteiger partial charge in [0, 0.05) is 6.07 Å². The summed E-state index contributed by atoms with van der Waals surface area (Å²) in [6.45, 7) is 0. The molecule has 10 heavy (non-hydrogen) atoms. The molecule has 0 atom stereocenters. The van der Waals surface area contributed by atoms with Crippen LogP contribution in [0.5, 0.6) is 0 Å². The van der Waals surface area contributed by atoms with Crippen LogP contribution < -0.4 is 10.3 Å². The molecule has 0 bridgehead atoms. The van der Waals surface area contributed by atoms with E-state index >= 15 is 0 Å². The van der Waals surface area contributed by atoms with E-state index in [2.05, 4.69) is 9.97 Å². The van der Waals surface area contributed by atoms with Crippen molar-refractivity contribution >= 4 is 23.9 Å². The van der Waals surface area contributed by atoms with Gasteiger partial charge in [-0.2, -0.15) is 0 Å². The lowest BCUT2D eigenvalue weighted by Crippen LogP contribution is -1.89.